The molecule has 1 heterocycles. The average Bonchev–Trinajstić information content (AvgIpc) is 2.82. The summed E-state index contributed by atoms with van der Waals surface area (Å²) in [5.41, 5.74) is 1.02. The molecule has 8 heteroatoms. The van der Waals surface area contributed by atoms with E-state index in [0.717, 1.165) is 9.80 Å². The van der Waals surface area contributed by atoms with E-state index in [-0.39, 0.29) is 12.2 Å². The zero-order chi connectivity index (χ0) is 24.2. The third-order valence-electron chi connectivity index (χ3n) is 4.96. The highest BCUT2D eigenvalue weighted by Gasteiger charge is 2.43. The van der Waals surface area contributed by atoms with Crippen LogP contribution in [0.15, 0.2) is 100.0 Å². The lowest BCUT2D eigenvalue weighted by atomic mass is 10.0. The number of urea groups is 1. The van der Waals surface area contributed by atoms with Crippen LogP contribution < -0.4 is 14.5 Å². The summed E-state index contributed by atoms with van der Waals surface area (Å²) in [4.78, 5) is 42.5. The molecule has 34 heavy (non-hydrogen) atoms. The SMILES string of the molecule is C=CCOc1c(Br)cc(Br)cc1C=C1C(=O)N(c2ccccc2)C(=O)N(c2ccccc2)C1=O. The van der Waals surface area contributed by atoms with Crippen molar-refractivity contribution in [2.24, 2.45) is 0 Å². The molecule has 1 fully saturated rings. The van der Waals surface area contributed by atoms with Crippen LogP contribution in [0.5, 0.6) is 5.75 Å². The largest absolute Gasteiger partial charge is 0.488 e. The predicted octanol–water partition coefficient (Wildman–Crippen LogP) is 6.36. The molecular weight excluding hydrogens is 564 g/mol. The Morgan fingerprint density at radius 3 is 1.85 bits per heavy atom. The molecule has 4 rings (SSSR count). The van der Waals surface area contributed by atoms with E-state index in [2.05, 4.69) is 38.4 Å². The molecule has 6 nitrogen and oxygen atoms in total. The zero-order valence-electron chi connectivity index (χ0n) is 17.8. The molecule has 0 atom stereocenters. The van der Waals surface area contributed by atoms with Crippen molar-refractivity contribution in [1.29, 1.82) is 0 Å². The standard InChI is InChI=1S/C26H18Br2N2O4/c1-2-13-34-23-17(14-18(27)16-22(23)28)15-21-24(31)29(19-9-5-3-6-10-19)26(33)30(25(21)32)20-11-7-4-8-12-20/h2-12,14-16H,1,13H2. The Bertz CT molecular complexity index is 1240. The molecule has 0 aliphatic carbocycles. The number of carbonyl (C=O) groups is 3. The minimum absolute atomic E-state index is 0.180. The fourth-order valence-electron chi connectivity index (χ4n) is 3.48. The van der Waals surface area contributed by atoms with E-state index < -0.39 is 17.8 Å². The number of carbonyl (C=O) groups excluding carboxylic acids is 3. The van der Waals surface area contributed by atoms with Crippen molar-refractivity contribution in [1.82, 2.24) is 0 Å². The summed E-state index contributed by atoms with van der Waals surface area (Å²) in [6.07, 6.45) is 3.03. The fourth-order valence-corrected chi connectivity index (χ4v) is 4.85. The summed E-state index contributed by atoms with van der Waals surface area (Å²) < 4.78 is 7.12. The minimum atomic E-state index is -0.747. The number of anilines is 2. The van der Waals surface area contributed by atoms with E-state index in [1.807, 2.05) is 0 Å². The molecule has 1 aliphatic heterocycles. The van der Waals surface area contributed by atoms with Crippen molar-refractivity contribution in [2.75, 3.05) is 16.4 Å². The second-order valence-electron chi connectivity index (χ2n) is 7.20. The molecule has 0 unspecified atom stereocenters. The topological polar surface area (TPSA) is 66.9 Å². The summed E-state index contributed by atoms with van der Waals surface area (Å²) in [5.74, 6) is -1.01. The van der Waals surface area contributed by atoms with Crippen molar-refractivity contribution >= 4 is 67.2 Å². The molecule has 3 aromatic carbocycles. The summed E-state index contributed by atoms with van der Waals surface area (Å²) >= 11 is 6.90. The maximum atomic E-state index is 13.5. The molecule has 3 aromatic rings. The Kier molecular flexibility index (Phi) is 7.09. The molecular formula is C26H18Br2N2O4. The highest BCUT2D eigenvalue weighted by Crippen LogP contribution is 2.36. The number of halogens is 2. The van der Waals surface area contributed by atoms with Crippen LogP contribution in [0.3, 0.4) is 0 Å². The first kappa shape index (κ1) is 23.7. The smallest absolute Gasteiger partial charge is 0.343 e. The van der Waals surface area contributed by atoms with Gasteiger partial charge in [0.15, 0.2) is 0 Å². The van der Waals surface area contributed by atoms with Gasteiger partial charge in [-0.05, 0) is 58.4 Å². The van der Waals surface area contributed by atoms with Gasteiger partial charge in [0, 0.05) is 10.0 Å². The summed E-state index contributed by atoms with van der Waals surface area (Å²) in [7, 11) is 0. The zero-order valence-corrected chi connectivity index (χ0v) is 21.0. The third-order valence-corrected chi connectivity index (χ3v) is 6.01. The number of para-hydroxylation sites is 2. The van der Waals surface area contributed by atoms with E-state index in [4.69, 9.17) is 4.74 Å². The first-order valence-corrected chi connectivity index (χ1v) is 11.8. The molecule has 0 saturated carbocycles. The van der Waals surface area contributed by atoms with E-state index >= 15 is 0 Å². The summed E-state index contributed by atoms with van der Waals surface area (Å²) in [5, 5.41) is 0. The Morgan fingerprint density at radius 2 is 1.35 bits per heavy atom. The fraction of sp³-hybridized carbons (Fsp3) is 0.0385. The molecule has 1 saturated heterocycles. The van der Waals surface area contributed by atoms with Gasteiger partial charge in [0.1, 0.15) is 17.9 Å². The van der Waals surface area contributed by atoms with Crippen LogP contribution in [0.2, 0.25) is 0 Å². The molecule has 0 N–H and O–H groups in total. The molecule has 0 bridgehead atoms. The van der Waals surface area contributed by atoms with Gasteiger partial charge in [0.25, 0.3) is 11.8 Å². The van der Waals surface area contributed by atoms with Gasteiger partial charge in [-0.25, -0.2) is 14.6 Å². The molecule has 0 radical (unpaired) electrons. The van der Waals surface area contributed by atoms with Crippen molar-refractivity contribution in [3.05, 3.63) is 106 Å². The van der Waals surface area contributed by atoms with Crippen molar-refractivity contribution in [3.63, 3.8) is 0 Å². The lowest BCUT2D eigenvalue weighted by molar-refractivity contribution is -0.121. The van der Waals surface area contributed by atoms with Crippen molar-refractivity contribution in [2.45, 2.75) is 0 Å². The predicted molar refractivity (Wildman–Crippen MR) is 139 cm³/mol. The highest BCUT2D eigenvalue weighted by molar-refractivity contribution is 9.11. The lowest BCUT2D eigenvalue weighted by Gasteiger charge is -2.34. The number of rotatable bonds is 6. The second kappa shape index (κ2) is 10.2. The van der Waals surface area contributed by atoms with Gasteiger partial charge < -0.3 is 4.74 Å². The number of benzene rings is 3. The minimum Gasteiger partial charge on any atom is -0.488 e. The van der Waals surface area contributed by atoms with Crippen LogP contribution in [0, 0.1) is 0 Å². The average molecular weight is 582 g/mol. The number of ether oxygens (including phenoxy) is 1. The summed E-state index contributed by atoms with van der Waals surface area (Å²) in [6.45, 7) is 3.89. The first-order chi connectivity index (χ1) is 16.4. The van der Waals surface area contributed by atoms with Crippen LogP contribution in [-0.2, 0) is 9.59 Å². The number of nitrogens with zero attached hydrogens (tertiary/aromatic N) is 2. The van der Waals surface area contributed by atoms with Gasteiger partial charge >= 0.3 is 6.03 Å². The van der Waals surface area contributed by atoms with E-state index in [9.17, 15) is 14.4 Å². The van der Waals surface area contributed by atoms with Gasteiger partial charge in [-0.3, -0.25) is 9.59 Å². The van der Waals surface area contributed by atoms with Crippen molar-refractivity contribution < 1.29 is 19.1 Å². The van der Waals surface area contributed by atoms with Crippen LogP contribution in [0.4, 0.5) is 16.2 Å². The number of hydrogen-bond acceptors (Lipinski definition) is 4. The first-order valence-electron chi connectivity index (χ1n) is 10.2. The van der Waals surface area contributed by atoms with Crippen LogP contribution in [0.1, 0.15) is 5.56 Å². The van der Waals surface area contributed by atoms with Crippen LogP contribution in [0.25, 0.3) is 6.08 Å². The maximum absolute atomic E-state index is 13.5. The van der Waals surface area contributed by atoms with Gasteiger partial charge in [0.05, 0.1) is 15.8 Å². The number of amides is 4. The highest BCUT2D eigenvalue weighted by atomic mass is 79.9. The molecule has 0 aromatic heterocycles. The Morgan fingerprint density at radius 1 is 0.824 bits per heavy atom. The summed E-state index contributed by atoms with van der Waals surface area (Å²) in [6, 6.07) is 19.8. The van der Waals surface area contributed by atoms with E-state index in [1.54, 1.807) is 78.9 Å². The van der Waals surface area contributed by atoms with Gasteiger partial charge in [-0.15, -0.1) is 0 Å². The van der Waals surface area contributed by atoms with E-state index in [0.29, 0.717) is 31.6 Å². The Labute approximate surface area is 213 Å². The Hall–Kier alpha value is -3.49. The normalized spacial score (nSPS) is 13.8. The Balaban J connectivity index is 1.90. The maximum Gasteiger partial charge on any atom is 0.343 e. The van der Waals surface area contributed by atoms with E-state index in [1.165, 1.54) is 6.08 Å². The third kappa shape index (κ3) is 4.60. The van der Waals surface area contributed by atoms with Crippen LogP contribution >= 0.6 is 31.9 Å². The molecule has 1 aliphatic rings. The van der Waals surface area contributed by atoms with Gasteiger partial charge in [0.2, 0.25) is 0 Å². The number of barbiturate groups is 1. The monoisotopic (exact) mass is 580 g/mol. The van der Waals surface area contributed by atoms with Crippen LogP contribution in [-0.4, -0.2) is 24.5 Å². The second-order valence-corrected chi connectivity index (χ2v) is 8.97. The van der Waals surface area contributed by atoms with Gasteiger partial charge in [-0.1, -0.05) is 65.0 Å². The lowest BCUT2D eigenvalue weighted by Crippen LogP contribution is -2.57. The molecule has 170 valence electrons. The number of hydrogen-bond donors (Lipinski definition) is 0. The van der Waals surface area contributed by atoms with Crippen molar-refractivity contribution in [3.8, 4) is 5.75 Å². The number of imide groups is 2. The van der Waals surface area contributed by atoms with Gasteiger partial charge in [-0.2, -0.15) is 0 Å². The molecule has 0 spiro atoms. The molecule has 4 amide bonds. The quantitative estimate of drug-likeness (QED) is 0.193.